The predicted molar refractivity (Wildman–Crippen MR) is 77.8 cm³/mol. The van der Waals surface area contributed by atoms with E-state index in [1.165, 1.54) is 0 Å². The van der Waals surface area contributed by atoms with Crippen molar-refractivity contribution in [1.29, 1.82) is 0 Å². The number of nitrogens with zero attached hydrogens (tertiary/aromatic N) is 2. The summed E-state index contributed by atoms with van der Waals surface area (Å²) in [5.41, 5.74) is 6.40. The van der Waals surface area contributed by atoms with Crippen LogP contribution in [0.1, 0.15) is 32.8 Å². The molecule has 0 fully saturated rings. The van der Waals surface area contributed by atoms with Gasteiger partial charge in [0.25, 0.3) is 0 Å². The van der Waals surface area contributed by atoms with Gasteiger partial charge >= 0.3 is 0 Å². The number of amides is 1. The molecule has 0 saturated carbocycles. The third kappa shape index (κ3) is 5.70. The van der Waals surface area contributed by atoms with Crippen LogP contribution in [0.4, 0.5) is 5.82 Å². The van der Waals surface area contributed by atoms with E-state index in [0.29, 0.717) is 6.54 Å². The SMILES string of the molecule is CCCNc1cc(CN(CC(N)=O)C(C)C)ccn1. The van der Waals surface area contributed by atoms with Crippen molar-refractivity contribution in [1.82, 2.24) is 9.88 Å². The quantitative estimate of drug-likeness (QED) is 0.748. The minimum atomic E-state index is -0.299. The highest BCUT2D eigenvalue weighted by atomic mass is 16.1. The zero-order valence-corrected chi connectivity index (χ0v) is 12.0. The summed E-state index contributed by atoms with van der Waals surface area (Å²) in [6.07, 6.45) is 2.85. The summed E-state index contributed by atoms with van der Waals surface area (Å²) in [7, 11) is 0. The number of aromatic nitrogens is 1. The average Bonchev–Trinajstić information content (AvgIpc) is 2.35. The number of rotatable bonds is 8. The Morgan fingerprint density at radius 3 is 2.84 bits per heavy atom. The summed E-state index contributed by atoms with van der Waals surface area (Å²) in [6.45, 7) is 8.11. The van der Waals surface area contributed by atoms with E-state index in [2.05, 4.69) is 31.1 Å². The Morgan fingerprint density at radius 1 is 1.53 bits per heavy atom. The molecule has 5 nitrogen and oxygen atoms in total. The molecule has 0 unspecified atom stereocenters. The standard InChI is InChI=1S/C14H24N4O/c1-4-6-16-14-8-12(5-7-17-14)9-18(11(2)3)10-13(15)19/h5,7-8,11H,4,6,9-10H2,1-3H3,(H2,15,19)(H,16,17). The topological polar surface area (TPSA) is 71.2 Å². The van der Waals surface area contributed by atoms with Gasteiger partial charge in [-0.15, -0.1) is 0 Å². The van der Waals surface area contributed by atoms with Gasteiger partial charge in [0.15, 0.2) is 0 Å². The van der Waals surface area contributed by atoms with E-state index in [-0.39, 0.29) is 18.5 Å². The van der Waals surface area contributed by atoms with Gasteiger partial charge in [-0.1, -0.05) is 6.92 Å². The molecule has 106 valence electrons. The van der Waals surface area contributed by atoms with E-state index < -0.39 is 0 Å². The summed E-state index contributed by atoms with van der Waals surface area (Å²) in [5.74, 6) is 0.578. The van der Waals surface area contributed by atoms with E-state index in [1.807, 2.05) is 17.0 Å². The third-order valence-corrected chi connectivity index (χ3v) is 2.86. The molecule has 0 radical (unpaired) electrons. The van der Waals surface area contributed by atoms with Crippen LogP contribution in [0.5, 0.6) is 0 Å². The second-order valence-corrected chi connectivity index (χ2v) is 4.94. The maximum absolute atomic E-state index is 11.1. The highest BCUT2D eigenvalue weighted by molar-refractivity contribution is 5.75. The molecule has 3 N–H and O–H groups in total. The van der Waals surface area contributed by atoms with Crippen LogP contribution >= 0.6 is 0 Å². The van der Waals surface area contributed by atoms with Crippen LogP contribution in [0.2, 0.25) is 0 Å². The minimum absolute atomic E-state index is 0.271. The van der Waals surface area contributed by atoms with E-state index >= 15 is 0 Å². The molecule has 0 saturated heterocycles. The average molecular weight is 264 g/mol. The van der Waals surface area contributed by atoms with Gasteiger partial charge in [-0.25, -0.2) is 4.98 Å². The molecule has 5 heteroatoms. The van der Waals surface area contributed by atoms with Crippen molar-refractivity contribution in [2.75, 3.05) is 18.4 Å². The van der Waals surface area contributed by atoms with Crippen molar-refractivity contribution in [3.05, 3.63) is 23.9 Å². The lowest BCUT2D eigenvalue weighted by Gasteiger charge is -2.25. The van der Waals surface area contributed by atoms with Crippen molar-refractivity contribution in [3.8, 4) is 0 Å². The number of carbonyl (C=O) groups is 1. The third-order valence-electron chi connectivity index (χ3n) is 2.86. The number of primary amides is 1. The minimum Gasteiger partial charge on any atom is -0.370 e. The van der Waals surface area contributed by atoms with Gasteiger partial charge in [-0.3, -0.25) is 9.69 Å². The summed E-state index contributed by atoms with van der Waals surface area (Å²) >= 11 is 0. The molecule has 0 atom stereocenters. The van der Waals surface area contributed by atoms with Gasteiger partial charge in [0.05, 0.1) is 6.54 Å². The van der Waals surface area contributed by atoms with Crippen LogP contribution in [0.25, 0.3) is 0 Å². The zero-order valence-electron chi connectivity index (χ0n) is 12.0. The number of hydrogen-bond donors (Lipinski definition) is 2. The van der Waals surface area contributed by atoms with Crippen molar-refractivity contribution >= 4 is 11.7 Å². The van der Waals surface area contributed by atoms with Crippen molar-refractivity contribution in [2.24, 2.45) is 5.73 Å². The van der Waals surface area contributed by atoms with Crippen LogP contribution in [-0.2, 0) is 11.3 Å². The monoisotopic (exact) mass is 264 g/mol. The molecule has 0 aliphatic carbocycles. The molecule has 1 aromatic rings. The van der Waals surface area contributed by atoms with Crippen molar-refractivity contribution in [2.45, 2.75) is 39.8 Å². The molecule has 0 spiro atoms. The van der Waals surface area contributed by atoms with E-state index in [0.717, 1.165) is 24.3 Å². The van der Waals surface area contributed by atoms with Crippen LogP contribution in [0, 0.1) is 0 Å². The van der Waals surface area contributed by atoms with Gasteiger partial charge in [0, 0.05) is 25.3 Å². The summed E-state index contributed by atoms with van der Waals surface area (Å²) in [5, 5.41) is 3.26. The highest BCUT2D eigenvalue weighted by Gasteiger charge is 2.12. The largest absolute Gasteiger partial charge is 0.370 e. The van der Waals surface area contributed by atoms with E-state index in [9.17, 15) is 4.79 Å². The first-order valence-electron chi connectivity index (χ1n) is 6.74. The Morgan fingerprint density at radius 2 is 2.26 bits per heavy atom. The molecule has 0 bridgehead atoms. The van der Waals surface area contributed by atoms with Gasteiger partial charge in [0.2, 0.25) is 5.91 Å². The highest BCUT2D eigenvalue weighted by Crippen LogP contribution is 2.11. The first kappa shape index (κ1) is 15.4. The lowest BCUT2D eigenvalue weighted by atomic mass is 10.2. The molecule has 1 amide bonds. The van der Waals surface area contributed by atoms with Crippen LogP contribution in [0.15, 0.2) is 18.3 Å². The first-order chi connectivity index (χ1) is 9.02. The van der Waals surface area contributed by atoms with Crippen LogP contribution in [0.3, 0.4) is 0 Å². The fourth-order valence-corrected chi connectivity index (χ4v) is 1.78. The second kappa shape index (κ2) is 7.74. The number of nitrogens with two attached hydrogens (primary N) is 1. The van der Waals surface area contributed by atoms with Gasteiger partial charge < -0.3 is 11.1 Å². The Bertz CT molecular complexity index is 406. The molecule has 0 aromatic carbocycles. The lowest BCUT2D eigenvalue weighted by molar-refractivity contribution is -0.119. The van der Waals surface area contributed by atoms with Gasteiger partial charge in [0.1, 0.15) is 5.82 Å². The number of carbonyl (C=O) groups excluding carboxylic acids is 1. The second-order valence-electron chi connectivity index (χ2n) is 4.94. The van der Waals surface area contributed by atoms with Gasteiger partial charge in [-0.05, 0) is 38.0 Å². The van der Waals surface area contributed by atoms with Crippen LogP contribution in [-0.4, -0.2) is 34.9 Å². The Labute approximate surface area is 115 Å². The molecular formula is C14H24N4O. The fraction of sp³-hybridized carbons (Fsp3) is 0.571. The van der Waals surface area contributed by atoms with Crippen molar-refractivity contribution < 1.29 is 4.79 Å². The summed E-state index contributed by atoms with van der Waals surface area (Å²) in [4.78, 5) is 17.4. The van der Waals surface area contributed by atoms with E-state index in [1.54, 1.807) is 6.20 Å². The molecular weight excluding hydrogens is 240 g/mol. The molecule has 1 aromatic heterocycles. The maximum atomic E-state index is 11.1. The lowest BCUT2D eigenvalue weighted by Crippen LogP contribution is -2.37. The number of nitrogens with one attached hydrogen (secondary N) is 1. The molecule has 0 aliphatic rings. The number of anilines is 1. The van der Waals surface area contributed by atoms with E-state index in [4.69, 9.17) is 5.73 Å². The van der Waals surface area contributed by atoms with Crippen molar-refractivity contribution in [3.63, 3.8) is 0 Å². The molecule has 1 heterocycles. The maximum Gasteiger partial charge on any atom is 0.231 e. The summed E-state index contributed by atoms with van der Waals surface area (Å²) < 4.78 is 0. The van der Waals surface area contributed by atoms with Crippen LogP contribution < -0.4 is 11.1 Å². The zero-order chi connectivity index (χ0) is 14.3. The Kier molecular flexibility index (Phi) is 6.29. The first-order valence-corrected chi connectivity index (χ1v) is 6.74. The fourth-order valence-electron chi connectivity index (χ4n) is 1.78. The van der Waals surface area contributed by atoms with Gasteiger partial charge in [-0.2, -0.15) is 0 Å². The molecule has 0 aliphatic heterocycles. The normalized spacial score (nSPS) is 11.0. The predicted octanol–water partition coefficient (Wildman–Crippen LogP) is 1.60. The molecule has 1 rings (SSSR count). The summed E-state index contributed by atoms with van der Waals surface area (Å²) in [6, 6.07) is 4.26. The Balaban J connectivity index is 2.70. The molecule has 19 heavy (non-hydrogen) atoms. The number of pyridine rings is 1. The number of hydrogen-bond acceptors (Lipinski definition) is 4. The Hall–Kier alpha value is -1.62. The smallest absolute Gasteiger partial charge is 0.231 e.